The van der Waals surface area contributed by atoms with Crippen molar-refractivity contribution in [2.24, 2.45) is 0 Å². The second-order valence-corrected chi connectivity index (χ2v) is 6.57. The smallest absolute Gasteiger partial charge is 0.269 e. The lowest BCUT2D eigenvalue weighted by molar-refractivity contribution is 0.103. The molecule has 21 heavy (non-hydrogen) atoms. The molecule has 4 N–H and O–H groups in total. The van der Waals surface area contributed by atoms with Crippen LogP contribution in [0.3, 0.4) is 0 Å². The van der Waals surface area contributed by atoms with Gasteiger partial charge >= 0.3 is 0 Å². The molecule has 1 saturated carbocycles. The summed E-state index contributed by atoms with van der Waals surface area (Å²) in [6.45, 7) is 0. The topological polar surface area (TPSA) is 80.0 Å². The van der Waals surface area contributed by atoms with Gasteiger partial charge in [0, 0.05) is 11.1 Å². The number of nitrogens with two attached hydrogens (primary N) is 1. The second kappa shape index (κ2) is 5.71. The van der Waals surface area contributed by atoms with Crippen molar-refractivity contribution >= 4 is 57.1 Å². The number of hydrogen-bond acceptors (Lipinski definition) is 5. The van der Waals surface area contributed by atoms with E-state index in [-0.39, 0.29) is 11.7 Å². The number of thiazole rings is 1. The molecule has 1 aliphatic carbocycles. The average molecular weight is 343 g/mol. The zero-order valence-corrected chi connectivity index (χ0v) is 13.1. The Morgan fingerprint density at radius 3 is 2.86 bits per heavy atom. The quantitative estimate of drug-likeness (QED) is 0.788. The van der Waals surface area contributed by atoms with Crippen molar-refractivity contribution < 1.29 is 4.79 Å². The highest BCUT2D eigenvalue weighted by Crippen LogP contribution is 2.32. The fraction of sp³-hybridized carbons (Fsp3) is 0.231. The van der Waals surface area contributed by atoms with Gasteiger partial charge in [-0.2, -0.15) is 0 Å². The first-order chi connectivity index (χ1) is 10.0. The molecule has 3 rings (SSSR count). The van der Waals surface area contributed by atoms with E-state index in [0.717, 1.165) is 12.8 Å². The van der Waals surface area contributed by atoms with Crippen LogP contribution >= 0.6 is 34.5 Å². The standard InChI is InChI=1S/C13H12Cl2N4OS/c14-6-1-4-8(15)9(5-6)18-12(20)10-11(16)19-13(21-10)17-7-2-3-7/h1,4-5,7H,2-3,16H2,(H,17,19)(H,18,20). The molecule has 1 amide bonds. The number of rotatable bonds is 4. The third kappa shape index (κ3) is 3.40. The van der Waals surface area contributed by atoms with Gasteiger partial charge in [0.1, 0.15) is 10.7 Å². The number of nitrogen functional groups attached to an aromatic ring is 1. The van der Waals surface area contributed by atoms with Crippen LogP contribution in [0.2, 0.25) is 10.0 Å². The molecule has 0 bridgehead atoms. The molecule has 1 heterocycles. The molecule has 2 aromatic rings. The van der Waals surface area contributed by atoms with Crippen molar-refractivity contribution in [1.29, 1.82) is 0 Å². The summed E-state index contributed by atoms with van der Waals surface area (Å²) in [7, 11) is 0. The Hall–Kier alpha value is -1.50. The third-order valence-corrected chi connectivity index (χ3v) is 4.51. The number of carbonyl (C=O) groups excluding carboxylic acids is 1. The molecular formula is C13H12Cl2N4OS. The highest BCUT2D eigenvalue weighted by atomic mass is 35.5. The van der Waals surface area contributed by atoms with Crippen LogP contribution in [0.1, 0.15) is 22.5 Å². The lowest BCUT2D eigenvalue weighted by Crippen LogP contribution is -2.12. The van der Waals surface area contributed by atoms with Gasteiger partial charge in [0.2, 0.25) is 0 Å². The van der Waals surface area contributed by atoms with Crippen LogP contribution in [-0.4, -0.2) is 16.9 Å². The van der Waals surface area contributed by atoms with Gasteiger partial charge in [-0.1, -0.05) is 34.5 Å². The maximum Gasteiger partial charge on any atom is 0.269 e. The van der Waals surface area contributed by atoms with Gasteiger partial charge in [0.15, 0.2) is 5.13 Å². The number of halogens is 2. The Kier molecular flexibility index (Phi) is 3.93. The number of aromatic nitrogens is 1. The number of amides is 1. The summed E-state index contributed by atoms with van der Waals surface area (Å²) in [6, 6.07) is 5.31. The first kappa shape index (κ1) is 14.4. The summed E-state index contributed by atoms with van der Waals surface area (Å²) in [5.74, 6) is -0.142. The Balaban J connectivity index is 1.78. The second-order valence-electron chi connectivity index (χ2n) is 4.73. The summed E-state index contributed by atoms with van der Waals surface area (Å²) in [6.07, 6.45) is 2.25. The summed E-state index contributed by atoms with van der Waals surface area (Å²) < 4.78 is 0. The minimum atomic E-state index is -0.349. The summed E-state index contributed by atoms with van der Waals surface area (Å²) >= 11 is 13.1. The van der Waals surface area contributed by atoms with E-state index in [1.165, 1.54) is 11.3 Å². The molecule has 110 valence electrons. The van der Waals surface area contributed by atoms with Crippen LogP contribution in [-0.2, 0) is 0 Å². The number of benzene rings is 1. The summed E-state index contributed by atoms with van der Waals surface area (Å²) in [5, 5.41) is 7.48. The van der Waals surface area contributed by atoms with Crippen molar-refractivity contribution in [1.82, 2.24) is 4.98 Å². The van der Waals surface area contributed by atoms with Crippen LogP contribution < -0.4 is 16.4 Å². The van der Waals surface area contributed by atoms with Gasteiger partial charge in [-0.15, -0.1) is 0 Å². The highest BCUT2D eigenvalue weighted by molar-refractivity contribution is 7.18. The van der Waals surface area contributed by atoms with E-state index in [9.17, 15) is 4.79 Å². The fourth-order valence-corrected chi connectivity index (χ4v) is 2.92. The average Bonchev–Trinajstić information content (AvgIpc) is 3.16. The van der Waals surface area contributed by atoms with Crippen LogP contribution in [0, 0.1) is 0 Å². The lowest BCUT2D eigenvalue weighted by Gasteiger charge is -2.06. The molecule has 0 unspecified atom stereocenters. The predicted molar refractivity (Wildman–Crippen MR) is 87.6 cm³/mol. The monoisotopic (exact) mass is 342 g/mol. The van der Waals surface area contributed by atoms with Gasteiger partial charge in [-0.3, -0.25) is 4.79 Å². The Morgan fingerprint density at radius 1 is 1.38 bits per heavy atom. The number of carbonyl (C=O) groups is 1. The molecule has 1 aromatic carbocycles. The number of hydrogen-bond donors (Lipinski definition) is 3. The molecular weight excluding hydrogens is 331 g/mol. The number of nitrogens with zero attached hydrogens (tertiary/aromatic N) is 1. The van der Waals surface area contributed by atoms with E-state index in [1.54, 1.807) is 18.2 Å². The first-order valence-electron chi connectivity index (χ1n) is 6.32. The van der Waals surface area contributed by atoms with E-state index >= 15 is 0 Å². The molecule has 0 saturated heterocycles. The molecule has 0 aliphatic heterocycles. The van der Waals surface area contributed by atoms with E-state index in [2.05, 4.69) is 15.6 Å². The molecule has 1 aliphatic rings. The van der Waals surface area contributed by atoms with Gasteiger partial charge in [0.25, 0.3) is 5.91 Å². The van der Waals surface area contributed by atoms with Crippen molar-refractivity contribution in [2.75, 3.05) is 16.4 Å². The van der Waals surface area contributed by atoms with Crippen molar-refractivity contribution in [3.8, 4) is 0 Å². The van der Waals surface area contributed by atoms with Crippen molar-refractivity contribution in [2.45, 2.75) is 18.9 Å². The largest absolute Gasteiger partial charge is 0.382 e. The third-order valence-electron chi connectivity index (χ3n) is 2.94. The molecule has 0 spiro atoms. The van der Waals surface area contributed by atoms with E-state index < -0.39 is 0 Å². The first-order valence-corrected chi connectivity index (χ1v) is 7.89. The number of anilines is 3. The van der Waals surface area contributed by atoms with Crippen molar-refractivity contribution in [3.05, 3.63) is 33.1 Å². The van der Waals surface area contributed by atoms with Crippen LogP contribution in [0.25, 0.3) is 0 Å². The molecule has 8 heteroatoms. The lowest BCUT2D eigenvalue weighted by atomic mass is 10.3. The van der Waals surface area contributed by atoms with E-state index in [0.29, 0.717) is 31.8 Å². The molecule has 1 aromatic heterocycles. The Bertz CT molecular complexity index is 699. The molecule has 0 atom stereocenters. The number of nitrogens with one attached hydrogen (secondary N) is 2. The van der Waals surface area contributed by atoms with E-state index in [1.807, 2.05) is 0 Å². The van der Waals surface area contributed by atoms with Crippen LogP contribution in [0.15, 0.2) is 18.2 Å². The van der Waals surface area contributed by atoms with Crippen LogP contribution in [0.4, 0.5) is 16.6 Å². The van der Waals surface area contributed by atoms with E-state index in [4.69, 9.17) is 28.9 Å². The minimum absolute atomic E-state index is 0.207. The zero-order chi connectivity index (χ0) is 15.0. The van der Waals surface area contributed by atoms with Crippen molar-refractivity contribution in [3.63, 3.8) is 0 Å². The SMILES string of the molecule is Nc1nc(NC2CC2)sc1C(=O)Nc1cc(Cl)ccc1Cl. The predicted octanol–water partition coefficient (Wildman–Crippen LogP) is 3.86. The fourth-order valence-electron chi connectivity index (χ4n) is 1.73. The van der Waals surface area contributed by atoms with Gasteiger partial charge in [-0.25, -0.2) is 4.98 Å². The van der Waals surface area contributed by atoms with Gasteiger partial charge < -0.3 is 16.4 Å². The normalized spacial score (nSPS) is 14.0. The van der Waals surface area contributed by atoms with Crippen LogP contribution in [0.5, 0.6) is 0 Å². The maximum atomic E-state index is 12.3. The molecule has 0 radical (unpaired) electrons. The zero-order valence-electron chi connectivity index (χ0n) is 10.8. The van der Waals surface area contributed by atoms with Gasteiger partial charge in [0.05, 0.1) is 10.7 Å². The Morgan fingerprint density at radius 2 is 2.14 bits per heavy atom. The summed E-state index contributed by atoms with van der Waals surface area (Å²) in [4.78, 5) is 16.8. The maximum absolute atomic E-state index is 12.3. The highest BCUT2D eigenvalue weighted by Gasteiger charge is 2.24. The Labute approximate surface area is 135 Å². The van der Waals surface area contributed by atoms with Gasteiger partial charge in [-0.05, 0) is 31.0 Å². The minimum Gasteiger partial charge on any atom is -0.382 e. The molecule has 5 nitrogen and oxygen atoms in total. The molecule has 1 fully saturated rings. The summed E-state index contributed by atoms with van der Waals surface area (Å²) in [5.41, 5.74) is 6.24.